The summed E-state index contributed by atoms with van der Waals surface area (Å²) in [4.78, 5) is 12.1. The van der Waals surface area contributed by atoms with Crippen molar-refractivity contribution in [2.75, 3.05) is 32.6 Å². The van der Waals surface area contributed by atoms with Gasteiger partial charge in [0.05, 0.1) is 25.1 Å². The number of para-hydroxylation sites is 2. The maximum absolute atomic E-state index is 5.76. The van der Waals surface area contributed by atoms with Crippen molar-refractivity contribution in [2.24, 2.45) is 0 Å². The molecule has 0 radical (unpaired) electrons. The average Bonchev–Trinajstić information content (AvgIpc) is 3.56. The van der Waals surface area contributed by atoms with Crippen molar-refractivity contribution in [1.29, 1.82) is 0 Å². The lowest BCUT2D eigenvalue weighted by molar-refractivity contribution is 0.129. The van der Waals surface area contributed by atoms with Crippen molar-refractivity contribution in [3.05, 3.63) is 59.7 Å². The fraction of sp³-hybridized carbons (Fsp3) is 0.500. The fourth-order valence-corrected chi connectivity index (χ4v) is 5.83. The van der Waals surface area contributed by atoms with Gasteiger partial charge in [-0.2, -0.15) is 5.10 Å². The molecule has 34 heavy (non-hydrogen) atoms. The number of rotatable bonds is 8. The van der Waals surface area contributed by atoms with E-state index in [2.05, 4.69) is 28.1 Å². The molecular weight excluding hydrogens is 446 g/mol. The minimum Gasteiger partial charge on any atom is -0.494 e. The van der Waals surface area contributed by atoms with Gasteiger partial charge in [0, 0.05) is 49.3 Å². The van der Waals surface area contributed by atoms with Crippen LogP contribution in [0.25, 0.3) is 5.69 Å². The van der Waals surface area contributed by atoms with Gasteiger partial charge in [0.2, 0.25) is 0 Å². The second kappa shape index (κ2) is 10.9. The van der Waals surface area contributed by atoms with Gasteiger partial charge in [-0.1, -0.05) is 23.9 Å². The van der Waals surface area contributed by atoms with Crippen molar-refractivity contribution in [3.63, 3.8) is 0 Å². The van der Waals surface area contributed by atoms with Gasteiger partial charge in [0.15, 0.2) is 5.16 Å². The summed E-state index contributed by atoms with van der Waals surface area (Å²) >= 11 is 1.73. The van der Waals surface area contributed by atoms with Gasteiger partial charge in [0.1, 0.15) is 11.4 Å². The molecule has 7 nitrogen and oxygen atoms in total. The Morgan fingerprint density at radius 1 is 1.18 bits per heavy atom. The number of benzene rings is 1. The Kier molecular flexibility index (Phi) is 7.47. The second-order valence-corrected chi connectivity index (χ2v) is 10.2. The quantitative estimate of drug-likeness (QED) is 0.345. The zero-order valence-corrected chi connectivity index (χ0v) is 20.8. The van der Waals surface area contributed by atoms with Crippen LogP contribution in [0.1, 0.15) is 48.4 Å². The number of piperidine rings is 1. The lowest BCUT2D eigenvalue weighted by Gasteiger charge is -2.32. The highest BCUT2D eigenvalue weighted by Gasteiger charge is 2.25. The topological polar surface area (TPSA) is 65.3 Å². The number of ether oxygens (including phenoxy) is 2. The van der Waals surface area contributed by atoms with Crippen LogP contribution in [0.4, 0.5) is 0 Å². The number of nitrogens with zero attached hydrogens (tertiary/aromatic N) is 5. The summed E-state index contributed by atoms with van der Waals surface area (Å²) in [5, 5.41) is 5.47. The molecule has 0 unspecified atom stereocenters. The van der Waals surface area contributed by atoms with E-state index in [9.17, 15) is 0 Å². The van der Waals surface area contributed by atoms with Crippen molar-refractivity contribution >= 4 is 11.8 Å². The van der Waals surface area contributed by atoms with E-state index in [1.807, 2.05) is 41.3 Å². The maximum Gasteiger partial charge on any atom is 0.187 e. The number of thioether (sulfide) groups is 1. The third-order valence-corrected chi connectivity index (χ3v) is 7.67. The first-order chi connectivity index (χ1) is 16.7. The van der Waals surface area contributed by atoms with Crippen LogP contribution in [-0.2, 0) is 11.3 Å². The lowest BCUT2D eigenvalue weighted by Crippen LogP contribution is -2.34. The highest BCUT2D eigenvalue weighted by atomic mass is 32.2. The van der Waals surface area contributed by atoms with Crippen molar-refractivity contribution in [3.8, 4) is 11.4 Å². The molecule has 0 bridgehead atoms. The van der Waals surface area contributed by atoms with E-state index >= 15 is 0 Å². The molecule has 4 heterocycles. The van der Waals surface area contributed by atoms with Gasteiger partial charge in [-0.25, -0.2) is 14.6 Å². The van der Waals surface area contributed by atoms with E-state index < -0.39 is 0 Å². The predicted molar refractivity (Wildman–Crippen MR) is 134 cm³/mol. The van der Waals surface area contributed by atoms with E-state index in [0.717, 1.165) is 55.0 Å². The van der Waals surface area contributed by atoms with Crippen LogP contribution < -0.4 is 4.74 Å². The van der Waals surface area contributed by atoms with Crippen molar-refractivity contribution in [2.45, 2.75) is 56.3 Å². The molecule has 2 atom stereocenters. The average molecular weight is 480 g/mol. The molecule has 1 aromatic carbocycles. The Hall–Kier alpha value is -2.42. The molecule has 2 aromatic heterocycles. The molecule has 2 saturated heterocycles. The largest absolute Gasteiger partial charge is 0.494 e. The van der Waals surface area contributed by atoms with Crippen LogP contribution in [-0.4, -0.2) is 63.3 Å². The first-order valence-corrected chi connectivity index (χ1v) is 13.2. The van der Waals surface area contributed by atoms with Crippen LogP contribution in [0.2, 0.25) is 0 Å². The fourth-order valence-electron chi connectivity index (χ4n) is 4.94. The smallest absolute Gasteiger partial charge is 0.187 e. The van der Waals surface area contributed by atoms with E-state index in [0.29, 0.717) is 12.0 Å². The molecule has 2 fully saturated rings. The maximum atomic E-state index is 5.76. The van der Waals surface area contributed by atoms with Gasteiger partial charge in [-0.05, 0) is 56.8 Å². The SMILES string of the molecule is COc1ccccc1-n1cc(CN2CCC[C@H](c3nc(SC[C@H]4CCCO4)ncc3C)C2)cn1. The molecule has 180 valence electrons. The van der Waals surface area contributed by atoms with Gasteiger partial charge in [-0.3, -0.25) is 4.90 Å². The lowest BCUT2D eigenvalue weighted by atomic mass is 9.92. The Bertz CT molecular complexity index is 1100. The Morgan fingerprint density at radius 2 is 2.09 bits per heavy atom. The zero-order chi connectivity index (χ0) is 23.3. The number of hydrogen-bond donors (Lipinski definition) is 0. The minimum atomic E-state index is 0.347. The van der Waals surface area contributed by atoms with Crippen LogP contribution in [0.3, 0.4) is 0 Å². The van der Waals surface area contributed by atoms with Gasteiger partial charge in [0.25, 0.3) is 0 Å². The summed E-state index contributed by atoms with van der Waals surface area (Å²) < 4.78 is 13.2. The van der Waals surface area contributed by atoms with Crippen LogP contribution in [0, 0.1) is 6.92 Å². The summed E-state index contributed by atoms with van der Waals surface area (Å²) in [7, 11) is 1.69. The third kappa shape index (κ3) is 5.45. The van der Waals surface area contributed by atoms with Crippen LogP contribution >= 0.6 is 11.8 Å². The molecule has 2 aliphatic rings. The highest BCUT2D eigenvalue weighted by Crippen LogP contribution is 2.30. The second-order valence-electron chi connectivity index (χ2n) is 9.21. The molecule has 0 spiro atoms. The number of aromatic nitrogens is 4. The van der Waals surface area contributed by atoms with Gasteiger partial charge < -0.3 is 9.47 Å². The molecule has 8 heteroatoms. The van der Waals surface area contributed by atoms with Crippen molar-refractivity contribution < 1.29 is 9.47 Å². The normalized spacial score (nSPS) is 21.1. The summed E-state index contributed by atoms with van der Waals surface area (Å²) in [6.07, 6.45) is 11.1. The summed E-state index contributed by atoms with van der Waals surface area (Å²) in [5.41, 5.74) is 4.56. The molecule has 5 rings (SSSR count). The van der Waals surface area contributed by atoms with E-state index in [1.54, 1.807) is 18.9 Å². The Balaban J connectivity index is 1.24. The number of methoxy groups -OCH3 is 1. The number of aryl methyl sites for hydroxylation is 1. The molecule has 0 N–H and O–H groups in total. The Labute approximate surface area is 205 Å². The zero-order valence-electron chi connectivity index (χ0n) is 20.0. The molecule has 0 saturated carbocycles. The monoisotopic (exact) mass is 479 g/mol. The number of likely N-dealkylation sites (tertiary alicyclic amines) is 1. The van der Waals surface area contributed by atoms with Gasteiger partial charge in [-0.15, -0.1) is 0 Å². The summed E-state index contributed by atoms with van der Waals surface area (Å²) in [6.45, 7) is 6.02. The third-order valence-electron chi connectivity index (χ3n) is 6.68. The molecule has 2 aliphatic heterocycles. The first-order valence-electron chi connectivity index (χ1n) is 12.2. The summed E-state index contributed by atoms with van der Waals surface area (Å²) in [5.74, 6) is 2.20. The minimum absolute atomic E-state index is 0.347. The highest BCUT2D eigenvalue weighted by molar-refractivity contribution is 7.99. The van der Waals surface area contributed by atoms with Crippen LogP contribution in [0.15, 0.2) is 48.0 Å². The molecular formula is C26H33N5O2S. The van der Waals surface area contributed by atoms with E-state index in [4.69, 9.17) is 14.5 Å². The van der Waals surface area contributed by atoms with E-state index in [-0.39, 0.29) is 0 Å². The summed E-state index contributed by atoms with van der Waals surface area (Å²) in [6, 6.07) is 7.97. The molecule has 0 aliphatic carbocycles. The van der Waals surface area contributed by atoms with Crippen LogP contribution in [0.5, 0.6) is 5.75 Å². The first kappa shape index (κ1) is 23.3. The predicted octanol–water partition coefficient (Wildman–Crippen LogP) is 4.63. The molecule has 3 aromatic rings. The Morgan fingerprint density at radius 3 is 2.94 bits per heavy atom. The van der Waals surface area contributed by atoms with Crippen molar-refractivity contribution in [1.82, 2.24) is 24.6 Å². The van der Waals surface area contributed by atoms with Gasteiger partial charge >= 0.3 is 0 Å². The molecule has 0 amide bonds. The number of hydrogen-bond acceptors (Lipinski definition) is 7. The van der Waals surface area contributed by atoms with E-state index in [1.165, 1.54) is 36.1 Å². The standard InChI is InChI=1S/C26H33N5O2S/c1-19-13-27-26(34-18-22-8-6-12-33-22)29-25(19)21-7-5-11-30(17-21)15-20-14-28-31(16-20)23-9-3-4-10-24(23)32-2/h3-4,9-10,13-14,16,21-22H,5-8,11-12,15,17-18H2,1-2H3/t21-,22+/m0/s1.